The standard InChI is InChI=1S/C11H14F3NO/c1-15(2)10(11(12,13)14)8-4-6-9(16-3)7-5-8/h4-7,10H,1-3H3. The van der Waals surface area contributed by atoms with E-state index in [0.29, 0.717) is 5.75 Å². The summed E-state index contributed by atoms with van der Waals surface area (Å²) in [5.74, 6) is 0.545. The van der Waals surface area contributed by atoms with Gasteiger partial charge < -0.3 is 4.74 Å². The molecule has 16 heavy (non-hydrogen) atoms. The largest absolute Gasteiger partial charge is 0.497 e. The first-order chi connectivity index (χ1) is 7.36. The molecule has 2 nitrogen and oxygen atoms in total. The van der Waals surface area contributed by atoms with Crippen molar-refractivity contribution < 1.29 is 17.9 Å². The summed E-state index contributed by atoms with van der Waals surface area (Å²) in [6.45, 7) is 0. The molecular weight excluding hydrogens is 219 g/mol. The number of rotatable bonds is 3. The number of hydrogen-bond donors (Lipinski definition) is 0. The van der Waals surface area contributed by atoms with Gasteiger partial charge >= 0.3 is 6.18 Å². The van der Waals surface area contributed by atoms with Crippen LogP contribution >= 0.6 is 0 Å². The first-order valence-electron chi connectivity index (χ1n) is 4.73. The Labute approximate surface area is 92.6 Å². The Morgan fingerprint density at radius 2 is 1.62 bits per heavy atom. The van der Waals surface area contributed by atoms with Crippen LogP contribution in [0.5, 0.6) is 5.75 Å². The van der Waals surface area contributed by atoms with Gasteiger partial charge in [0.05, 0.1) is 7.11 Å². The molecule has 1 aromatic carbocycles. The summed E-state index contributed by atoms with van der Waals surface area (Å²) in [6, 6.07) is 4.32. The number of methoxy groups -OCH3 is 1. The zero-order valence-electron chi connectivity index (χ0n) is 9.38. The van der Waals surface area contributed by atoms with Crippen LogP contribution in [0.1, 0.15) is 11.6 Å². The summed E-state index contributed by atoms with van der Waals surface area (Å²) in [4.78, 5) is 1.14. The van der Waals surface area contributed by atoms with E-state index in [1.165, 1.54) is 45.5 Å². The Bertz CT molecular complexity index is 332. The van der Waals surface area contributed by atoms with Crippen LogP contribution in [-0.2, 0) is 0 Å². The van der Waals surface area contributed by atoms with Gasteiger partial charge in [-0.25, -0.2) is 0 Å². The molecule has 0 bridgehead atoms. The van der Waals surface area contributed by atoms with Crippen LogP contribution in [0.25, 0.3) is 0 Å². The van der Waals surface area contributed by atoms with Gasteiger partial charge in [0.2, 0.25) is 0 Å². The molecule has 0 fully saturated rings. The van der Waals surface area contributed by atoms with Crippen molar-refractivity contribution in [3.63, 3.8) is 0 Å². The molecule has 0 radical (unpaired) electrons. The van der Waals surface area contributed by atoms with Crippen molar-refractivity contribution in [2.24, 2.45) is 0 Å². The number of nitrogens with zero attached hydrogens (tertiary/aromatic N) is 1. The molecule has 1 rings (SSSR count). The first-order valence-corrected chi connectivity index (χ1v) is 4.73. The lowest BCUT2D eigenvalue weighted by Gasteiger charge is -2.27. The normalized spacial score (nSPS) is 13.9. The van der Waals surface area contributed by atoms with Crippen LogP contribution in [0.15, 0.2) is 24.3 Å². The highest BCUT2D eigenvalue weighted by atomic mass is 19.4. The minimum Gasteiger partial charge on any atom is -0.497 e. The second-order valence-corrected chi connectivity index (χ2v) is 3.68. The van der Waals surface area contributed by atoms with E-state index in [-0.39, 0.29) is 5.56 Å². The molecule has 0 aliphatic heterocycles. The fourth-order valence-corrected chi connectivity index (χ4v) is 1.57. The van der Waals surface area contributed by atoms with Crippen molar-refractivity contribution in [1.82, 2.24) is 4.90 Å². The topological polar surface area (TPSA) is 12.5 Å². The third kappa shape index (κ3) is 2.88. The van der Waals surface area contributed by atoms with Crippen molar-refractivity contribution >= 4 is 0 Å². The molecule has 0 amide bonds. The van der Waals surface area contributed by atoms with Crippen molar-refractivity contribution in [2.45, 2.75) is 12.2 Å². The van der Waals surface area contributed by atoms with Gasteiger partial charge in [0, 0.05) is 0 Å². The van der Waals surface area contributed by atoms with E-state index >= 15 is 0 Å². The van der Waals surface area contributed by atoms with Gasteiger partial charge in [0.25, 0.3) is 0 Å². The predicted octanol–water partition coefficient (Wildman–Crippen LogP) is 2.86. The van der Waals surface area contributed by atoms with Gasteiger partial charge in [-0.15, -0.1) is 0 Å². The molecule has 5 heteroatoms. The minimum atomic E-state index is -4.28. The van der Waals surface area contributed by atoms with Gasteiger partial charge in [0.15, 0.2) is 0 Å². The highest BCUT2D eigenvalue weighted by Gasteiger charge is 2.42. The zero-order chi connectivity index (χ0) is 12.3. The van der Waals surface area contributed by atoms with E-state index in [4.69, 9.17) is 4.74 Å². The number of benzene rings is 1. The molecule has 0 spiro atoms. The van der Waals surface area contributed by atoms with Crippen molar-refractivity contribution in [3.05, 3.63) is 29.8 Å². The molecule has 1 aromatic rings. The van der Waals surface area contributed by atoms with Crippen LogP contribution in [0.3, 0.4) is 0 Å². The van der Waals surface area contributed by atoms with E-state index in [9.17, 15) is 13.2 Å². The minimum absolute atomic E-state index is 0.207. The molecular formula is C11H14F3NO. The van der Waals surface area contributed by atoms with E-state index in [2.05, 4.69) is 0 Å². The van der Waals surface area contributed by atoms with Crippen LogP contribution < -0.4 is 4.74 Å². The van der Waals surface area contributed by atoms with Gasteiger partial charge in [-0.05, 0) is 31.8 Å². The smallest absolute Gasteiger partial charge is 0.408 e. The Morgan fingerprint density at radius 3 is 1.94 bits per heavy atom. The average Bonchev–Trinajstić information content (AvgIpc) is 2.16. The summed E-state index contributed by atoms with van der Waals surface area (Å²) in [5.41, 5.74) is 0.207. The molecule has 0 saturated carbocycles. The van der Waals surface area contributed by atoms with Gasteiger partial charge in [-0.1, -0.05) is 12.1 Å². The van der Waals surface area contributed by atoms with Crippen LogP contribution in [0, 0.1) is 0 Å². The van der Waals surface area contributed by atoms with Crippen LogP contribution in [0.2, 0.25) is 0 Å². The number of ether oxygens (including phenoxy) is 1. The van der Waals surface area contributed by atoms with Gasteiger partial charge in [-0.3, -0.25) is 4.90 Å². The molecule has 0 aliphatic rings. The second-order valence-electron chi connectivity index (χ2n) is 3.68. The van der Waals surface area contributed by atoms with Crippen molar-refractivity contribution in [1.29, 1.82) is 0 Å². The molecule has 0 saturated heterocycles. The SMILES string of the molecule is COc1ccc(C(N(C)C)C(F)(F)F)cc1. The average molecular weight is 233 g/mol. The highest BCUT2D eigenvalue weighted by Crippen LogP contribution is 2.36. The summed E-state index contributed by atoms with van der Waals surface area (Å²) in [7, 11) is 4.28. The second kappa shape index (κ2) is 4.74. The first kappa shape index (κ1) is 12.8. The fraction of sp³-hybridized carbons (Fsp3) is 0.455. The lowest BCUT2D eigenvalue weighted by Crippen LogP contribution is -2.33. The molecule has 0 aromatic heterocycles. The number of hydrogen-bond acceptors (Lipinski definition) is 2. The third-order valence-electron chi connectivity index (χ3n) is 2.26. The molecule has 0 heterocycles. The van der Waals surface area contributed by atoms with E-state index in [1.807, 2.05) is 0 Å². The van der Waals surface area contributed by atoms with Crippen molar-refractivity contribution in [3.8, 4) is 5.75 Å². The molecule has 90 valence electrons. The lowest BCUT2D eigenvalue weighted by molar-refractivity contribution is -0.179. The third-order valence-corrected chi connectivity index (χ3v) is 2.26. The Kier molecular flexibility index (Phi) is 3.80. The van der Waals surface area contributed by atoms with Crippen molar-refractivity contribution in [2.75, 3.05) is 21.2 Å². The molecule has 1 unspecified atom stereocenters. The van der Waals surface area contributed by atoms with Gasteiger partial charge in [0.1, 0.15) is 11.8 Å². The summed E-state index contributed by atoms with van der Waals surface area (Å²) in [5, 5.41) is 0. The highest BCUT2D eigenvalue weighted by molar-refractivity contribution is 5.29. The summed E-state index contributed by atoms with van der Waals surface area (Å²) >= 11 is 0. The fourth-order valence-electron chi connectivity index (χ4n) is 1.57. The Morgan fingerprint density at radius 1 is 1.12 bits per heavy atom. The van der Waals surface area contributed by atoms with E-state index in [0.717, 1.165) is 4.90 Å². The van der Waals surface area contributed by atoms with Crippen LogP contribution in [0.4, 0.5) is 13.2 Å². The number of alkyl halides is 3. The predicted molar refractivity (Wildman–Crippen MR) is 55.5 cm³/mol. The summed E-state index contributed by atoms with van der Waals surface area (Å²) < 4.78 is 43.2. The monoisotopic (exact) mass is 233 g/mol. The van der Waals surface area contributed by atoms with E-state index < -0.39 is 12.2 Å². The maximum Gasteiger partial charge on any atom is 0.408 e. The van der Waals surface area contributed by atoms with E-state index in [1.54, 1.807) is 0 Å². The quantitative estimate of drug-likeness (QED) is 0.796. The van der Waals surface area contributed by atoms with Crippen LogP contribution in [-0.4, -0.2) is 32.3 Å². The lowest BCUT2D eigenvalue weighted by atomic mass is 10.1. The maximum absolute atomic E-state index is 12.8. The molecule has 1 atom stereocenters. The maximum atomic E-state index is 12.8. The van der Waals surface area contributed by atoms with Gasteiger partial charge in [-0.2, -0.15) is 13.2 Å². The zero-order valence-corrected chi connectivity index (χ0v) is 9.38. The number of halogens is 3. The molecule has 0 aliphatic carbocycles. The Balaban J connectivity index is 3.03. The summed E-state index contributed by atoms with van der Waals surface area (Å²) in [6.07, 6.45) is -4.28. The molecule has 0 N–H and O–H groups in total. The Hall–Kier alpha value is -1.23.